The van der Waals surface area contributed by atoms with Crippen molar-refractivity contribution in [3.8, 4) is 22.3 Å². The van der Waals surface area contributed by atoms with Crippen LogP contribution in [-0.4, -0.2) is 18.3 Å². The van der Waals surface area contributed by atoms with E-state index in [0.29, 0.717) is 0 Å². The van der Waals surface area contributed by atoms with Gasteiger partial charge in [-0.05, 0) is 201 Å². The smallest absolute Gasteiger partial charge is 0.0491 e. The molecule has 4 nitrogen and oxygen atoms in total. The van der Waals surface area contributed by atoms with Crippen molar-refractivity contribution in [2.24, 2.45) is 0 Å². The number of nitrogens with zero attached hydrogens (tertiary/aromatic N) is 4. The zero-order valence-corrected chi connectivity index (χ0v) is 51.2. The van der Waals surface area contributed by atoms with Crippen molar-refractivity contribution in [2.75, 3.05) is 0 Å². The molecule has 13 aromatic carbocycles. The van der Waals surface area contributed by atoms with Gasteiger partial charge >= 0.3 is 0 Å². The monoisotopic (exact) mass is 1150 g/mol. The molecule has 0 bridgehead atoms. The molecule has 0 amide bonds. The summed E-state index contributed by atoms with van der Waals surface area (Å²) in [5.74, 6) is 0. The quantitative estimate of drug-likeness (QED) is 0.0858. The molecule has 0 radical (unpaired) electrons. The molecule has 4 heterocycles. The molecule has 430 valence electrons. The first-order chi connectivity index (χ1) is 44.5. The van der Waals surface area contributed by atoms with Crippen LogP contribution in [0.3, 0.4) is 0 Å². The van der Waals surface area contributed by atoms with E-state index in [1.54, 1.807) is 0 Å². The normalized spacial score (nSPS) is 12.5. The minimum atomic E-state index is 0.907. The maximum absolute atomic E-state index is 2.44. The molecule has 0 unspecified atom stereocenters. The molecule has 0 N–H and O–H groups in total. The van der Waals surface area contributed by atoms with E-state index in [9.17, 15) is 0 Å². The molecule has 0 fully saturated rings. The minimum Gasteiger partial charge on any atom is -0.341 e. The first-order valence-electron chi connectivity index (χ1n) is 32.1. The van der Waals surface area contributed by atoms with Gasteiger partial charge in [0, 0.05) is 113 Å². The Labute approximate surface area is 523 Å². The van der Waals surface area contributed by atoms with Gasteiger partial charge in [0.15, 0.2) is 0 Å². The van der Waals surface area contributed by atoms with Crippen LogP contribution in [0.2, 0.25) is 0 Å². The lowest BCUT2D eigenvalue weighted by Crippen LogP contribution is -1.94. The van der Waals surface area contributed by atoms with Crippen molar-refractivity contribution in [3.63, 3.8) is 0 Å². The molecule has 0 saturated heterocycles. The zero-order valence-electron chi connectivity index (χ0n) is 51.2. The van der Waals surface area contributed by atoms with Crippen LogP contribution in [0.15, 0.2) is 267 Å². The molecule has 0 saturated carbocycles. The van der Waals surface area contributed by atoms with E-state index >= 15 is 0 Å². The van der Waals surface area contributed by atoms with Crippen LogP contribution in [0, 0.1) is 0 Å². The molecule has 17 aromatic rings. The standard InChI is InChI=1S/C86H66N4/c1-5-87-77-29-17-13-21-63(77)73-51-55(33-45-81(73)87)49-71(61-43-47-83-75(53-61)65-23-15-19-31-79(65)89(83)7-3)57-35-39-59(40-36-57)85-67-25-9-11-27-69(67)86(70-28-12-10-26-68(70)85)60-41-37-58(38-42-60)72(62-44-48-84-76(54-62)66-24-16-20-32-80(66)90(84)8-4)50-56-34-46-82-74(52-56)64-22-14-18-30-78(64)88(82)6-2/h9-54H,5-8H2,1-4H3. The van der Waals surface area contributed by atoms with Gasteiger partial charge in [0.1, 0.15) is 0 Å². The predicted molar refractivity (Wildman–Crippen MR) is 387 cm³/mol. The number of hydrogen-bond acceptors (Lipinski definition) is 0. The minimum absolute atomic E-state index is 0.907. The van der Waals surface area contributed by atoms with E-state index in [1.807, 2.05) is 0 Å². The van der Waals surface area contributed by atoms with E-state index in [2.05, 4.69) is 325 Å². The highest BCUT2D eigenvalue weighted by Crippen LogP contribution is 2.46. The van der Waals surface area contributed by atoms with Crippen molar-refractivity contribution < 1.29 is 0 Å². The summed E-state index contributed by atoms with van der Waals surface area (Å²) in [6, 6.07) is 100. The van der Waals surface area contributed by atoms with Crippen LogP contribution >= 0.6 is 0 Å². The fraction of sp³-hybridized carbons (Fsp3) is 0.0930. The van der Waals surface area contributed by atoms with Crippen LogP contribution in [0.4, 0.5) is 0 Å². The summed E-state index contributed by atoms with van der Waals surface area (Å²) in [6.07, 6.45) is 4.82. The molecule has 4 heteroatoms. The average Bonchev–Trinajstić information content (AvgIpc) is 1.02. The summed E-state index contributed by atoms with van der Waals surface area (Å²) in [6.45, 7) is 12.6. The lowest BCUT2D eigenvalue weighted by Gasteiger charge is -2.19. The molecule has 0 aliphatic rings. The van der Waals surface area contributed by atoms with Crippen molar-refractivity contribution in [2.45, 2.75) is 53.9 Å². The molecule has 0 spiro atoms. The number of fused-ring (bicyclic) bond motifs is 14. The summed E-state index contributed by atoms with van der Waals surface area (Å²) in [5, 5.41) is 15.2. The Morgan fingerprint density at radius 2 is 0.478 bits per heavy atom. The average molecular weight is 1160 g/mol. The van der Waals surface area contributed by atoms with E-state index in [-0.39, 0.29) is 0 Å². The van der Waals surface area contributed by atoms with Crippen LogP contribution in [0.5, 0.6) is 0 Å². The van der Waals surface area contributed by atoms with E-state index < -0.39 is 0 Å². The van der Waals surface area contributed by atoms with Crippen LogP contribution in [0.25, 0.3) is 154 Å². The Bertz CT molecular complexity index is 5400. The van der Waals surface area contributed by atoms with Crippen molar-refractivity contribution >= 4 is 132 Å². The second kappa shape index (κ2) is 21.4. The zero-order chi connectivity index (χ0) is 60.1. The fourth-order valence-electron chi connectivity index (χ4n) is 15.5. The van der Waals surface area contributed by atoms with E-state index in [1.165, 1.54) is 176 Å². The van der Waals surface area contributed by atoms with Gasteiger partial charge in [-0.1, -0.05) is 194 Å². The lowest BCUT2D eigenvalue weighted by molar-refractivity contribution is 0.827. The molecule has 0 aliphatic carbocycles. The topological polar surface area (TPSA) is 19.7 Å². The predicted octanol–water partition coefficient (Wildman–Crippen LogP) is 23.0. The van der Waals surface area contributed by atoms with Gasteiger partial charge in [-0.25, -0.2) is 0 Å². The molecular formula is C86H66N4. The largest absolute Gasteiger partial charge is 0.341 e. The van der Waals surface area contributed by atoms with E-state index in [0.717, 1.165) is 26.2 Å². The summed E-state index contributed by atoms with van der Waals surface area (Å²) < 4.78 is 9.75. The summed E-state index contributed by atoms with van der Waals surface area (Å²) >= 11 is 0. The van der Waals surface area contributed by atoms with Gasteiger partial charge in [-0.2, -0.15) is 0 Å². The summed E-state index contributed by atoms with van der Waals surface area (Å²) in [5.41, 5.74) is 24.5. The Kier molecular flexibility index (Phi) is 12.7. The first kappa shape index (κ1) is 53.3. The Morgan fingerprint density at radius 3 is 0.778 bits per heavy atom. The number of rotatable bonds is 12. The van der Waals surface area contributed by atoms with Crippen LogP contribution < -0.4 is 0 Å². The highest BCUT2D eigenvalue weighted by molar-refractivity contribution is 6.22. The third-order valence-corrected chi connectivity index (χ3v) is 19.5. The third kappa shape index (κ3) is 8.35. The number of aryl methyl sites for hydroxylation is 4. The van der Waals surface area contributed by atoms with Gasteiger partial charge in [-0.3, -0.25) is 0 Å². The Morgan fingerprint density at radius 1 is 0.233 bits per heavy atom. The van der Waals surface area contributed by atoms with Crippen molar-refractivity contribution in [1.82, 2.24) is 18.3 Å². The molecular weight excluding hydrogens is 1090 g/mol. The van der Waals surface area contributed by atoms with Gasteiger partial charge < -0.3 is 18.3 Å². The van der Waals surface area contributed by atoms with Crippen molar-refractivity contribution in [1.29, 1.82) is 0 Å². The molecule has 0 aliphatic heterocycles. The van der Waals surface area contributed by atoms with Gasteiger partial charge in [-0.15, -0.1) is 0 Å². The van der Waals surface area contributed by atoms with Crippen molar-refractivity contribution in [3.05, 3.63) is 300 Å². The number of aromatic nitrogens is 4. The highest BCUT2D eigenvalue weighted by Gasteiger charge is 2.21. The first-order valence-corrected chi connectivity index (χ1v) is 32.1. The maximum atomic E-state index is 2.44. The Balaban J connectivity index is 0.793. The Hall–Kier alpha value is -10.9. The second-order valence-electron chi connectivity index (χ2n) is 24.2. The molecule has 90 heavy (non-hydrogen) atoms. The summed E-state index contributed by atoms with van der Waals surface area (Å²) in [4.78, 5) is 0. The number of para-hydroxylation sites is 4. The summed E-state index contributed by atoms with van der Waals surface area (Å²) in [7, 11) is 0. The van der Waals surface area contributed by atoms with Gasteiger partial charge in [0.05, 0.1) is 0 Å². The molecule has 17 rings (SSSR count). The lowest BCUT2D eigenvalue weighted by atomic mass is 9.85. The number of hydrogen-bond donors (Lipinski definition) is 0. The number of benzene rings is 13. The SMILES string of the molecule is CCn1c2ccccc2c2cc(C=C(c3ccc(-c4c5ccccc5c(-c5ccc(C(=Cc6ccc7c(c6)c6ccccc6n7CC)c6ccc7c(c6)c6ccccc6n7CC)cc5)c5ccccc45)cc3)c3ccc4c(c3)c3ccccc3n4CC)ccc21. The fourth-order valence-corrected chi connectivity index (χ4v) is 15.5. The van der Waals surface area contributed by atoms with Gasteiger partial charge in [0.25, 0.3) is 0 Å². The van der Waals surface area contributed by atoms with Gasteiger partial charge in [0.2, 0.25) is 0 Å². The van der Waals surface area contributed by atoms with E-state index in [4.69, 9.17) is 0 Å². The molecule has 4 aromatic heterocycles. The highest BCUT2D eigenvalue weighted by atomic mass is 15.0. The third-order valence-electron chi connectivity index (χ3n) is 19.5. The molecule has 0 atom stereocenters. The van der Waals surface area contributed by atoms with Crippen LogP contribution in [0.1, 0.15) is 61.1 Å². The van der Waals surface area contributed by atoms with Crippen LogP contribution in [-0.2, 0) is 26.2 Å². The maximum Gasteiger partial charge on any atom is 0.0491 e. The second-order valence-corrected chi connectivity index (χ2v) is 24.2.